The molecule has 0 saturated carbocycles. The number of hydrogen-bond donors (Lipinski definition) is 1. The Hall–Kier alpha value is -0.770. The maximum atomic E-state index is 4.52. The Kier molecular flexibility index (Phi) is 5.60. The van der Waals surface area contributed by atoms with Gasteiger partial charge in [0.05, 0.1) is 12.4 Å². The van der Waals surface area contributed by atoms with Gasteiger partial charge in [0.25, 0.3) is 0 Å². The van der Waals surface area contributed by atoms with E-state index in [1.165, 1.54) is 0 Å². The Morgan fingerprint density at radius 2 is 2.06 bits per heavy atom. The lowest BCUT2D eigenvalue weighted by molar-refractivity contribution is 0.641. The molecule has 1 atom stereocenters. The Morgan fingerprint density at radius 3 is 2.69 bits per heavy atom. The molecule has 0 aliphatic rings. The van der Waals surface area contributed by atoms with Gasteiger partial charge in [-0.3, -0.25) is 4.98 Å². The largest absolute Gasteiger partial charge is 0.369 e. The van der Waals surface area contributed by atoms with Crippen molar-refractivity contribution in [2.24, 2.45) is 5.92 Å². The molecule has 90 valence electrons. The lowest BCUT2D eigenvalue weighted by Crippen LogP contribution is -2.07. The maximum Gasteiger partial charge on any atom is 0.145 e. The van der Waals surface area contributed by atoms with Crippen molar-refractivity contribution in [2.45, 2.75) is 44.4 Å². The number of nitrogens with one attached hydrogen (secondary N) is 1. The number of thioether (sulfide) groups is 1. The zero-order valence-corrected chi connectivity index (χ0v) is 11.3. The van der Waals surface area contributed by atoms with Crippen LogP contribution in [0.2, 0.25) is 0 Å². The predicted octanol–water partition coefficient (Wildman–Crippen LogP) is 3.44. The fourth-order valence-electron chi connectivity index (χ4n) is 1.07. The molecule has 0 spiro atoms. The quantitative estimate of drug-likeness (QED) is 0.772. The second-order valence-corrected chi connectivity index (χ2v) is 5.63. The van der Waals surface area contributed by atoms with Crippen LogP contribution in [0.3, 0.4) is 0 Å². The van der Waals surface area contributed by atoms with Crippen molar-refractivity contribution in [1.82, 2.24) is 9.97 Å². The Morgan fingerprint density at radius 1 is 1.31 bits per heavy atom. The molecule has 0 amide bonds. The summed E-state index contributed by atoms with van der Waals surface area (Å²) >= 11 is 1.79. The first-order valence-electron chi connectivity index (χ1n) is 5.86. The minimum Gasteiger partial charge on any atom is -0.369 e. The minimum atomic E-state index is 0.565. The third-order valence-corrected chi connectivity index (χ3v) is 3.77. The van der Waals surface area contributed by atoms with Gasteiger partial charge in [-0.1, -0.05) is 27.7 Å². The first kappa shape index (κ1) is 13.3. The van der Waals surface area contributed by atoms with Crippen LogP contribution >= 0.6 is 11.8 Å². The predicted molar refractivity (Wildman–Crippen MR) is 71.0 cm³/mol. The van der Waals surface area contributed by atoms with Gasteiger partial charge in [0.1, 0.15) is 10.8 Å². The smallest absolute Gasteiger partial charge is 0.145 e. The monoisotopic (exact) mass is 239 g/mol. The molecule has 1 N–H and O–H groups in total. The van der Waals surface area contributed by atoms with Crippen molar-refractivity contribution in [1.29, 1.82) is 0 Å². The summed E-state index contributed by atoms with van der Waals surface area (Å²) in [4.78, 5) is 8.73. The van der Waals surface area contributed by atoms with Crippen LogP contribution in [0.4, 0.5) is 5.82 Å². The molecule has 0 bridgehead atoms. The van der Waals surface area contributed by atoms with Gasteiger partial charge in [0, 0.05) is 11.8 Å². The average molecular weight is 239 g/mol. The maximum absolute atomic E-state index is 4.52. The lowest BCUT2D eigenvalue weighted by atomic mass is 10.2. The van der Waals surface area contributed by atoms with E-state index in [1.807, 2.05) is 6.20 Å². The summed E-state index contributed by atoms with van der Waals surface area (Å²) in [6.45, 7) is 9.76. The third-order valence-electron chi connectivity index (χ3n) is 2.41. The van der Waals surface area contributed by atoms with Gasteiger partial charge in [-0.25, -0.2) is 4.98 Å². The molecular weight excluding hydrogens is 218 g/mol. The van der Waals surface area contributed by atoms with Crippen LogP contribution in [0.15, 0.2) is 17.4 Å². The Bertz CT molecular complexity index is 315. The molecular formula is C12H21N3S. The first-order valence-corrected chi connectivity index (χ1v) is 6.74. The van der Waals surface area contributed by atoms with E-state index in [1.54, 1.807) is 18.0 Å². The molecule has 1 aromatic heterocycles. The van der Waals surface area contributed by atoms with E-state index in [4.69, 9.17) is 0 Å². The zero-order chi connectivity index (χ0) is 12.0. The van der Waals surface area contributed by atoms with E-state index >= 15 is 0 Å². The highest BCUT2D eigenvalue weighted by Gasteiger charge is 2.10. The van der Waals surface area contributed by atoms with Gasteiger partial charge >= 0.3 is 0 Å². The highest BCUT2D eigenvalue weighted by atomic mass is 32.2. The van der Waals surface area contributed by atoms with Gasteiger partial charge in [-0.2, -0.15) is 0 Å². The standard InChI is InChI=1S/C12H21N3S/c1-5-6-14-11-7-13-8-12(15-11)16-10(4)9(2)3/h7-10H,5-6H2,1-4H3,(H,14,15). The molecule has 0 fully saturated rings. The van der Waals surface area contributed by atoms with Crippen molar-refractivity contribution >= 4 is 17.6 Å². The second kappa shape index (κ2) is 6.74. The third kappa shape index (κ3) is 4.39. The van der Waals surface area contributed by atoms with Crippen LogP contribution in [0.1, 0.15) is 34.1 Å². The molecule has 1 aromatic rings. The van der Waals surface area contributed by atoms with E-state index in [2.05, 4.69) is 43.0 Å². The molecule has 0 aliphatic heterocycles. The summed E-state index contributed by atoms with van der Waals surface area (Å²) in [5.74, 6) is 1.53. The average Bonchev–Trinajstić information content (AvgIpc) is 2.26. The number of anilines is 1. The number of rotatable bonds is 6. The number of hydrogen-bond acceptors (Lipinski definition) is 4. The van der Waals surface area contributed by atoms with Crippen molar-refractivity contribution in [3.05, 3.63) is 12.4 Å². The second-order valence-electron chi connectivity index (χ2n) is 4.24. The van der Waals surface area contributed by atoms with Crippen molar-refractivity contribution in [3.8, 4) is 0 Å². The number of aromatic nitrogens is 2. The van der Waals surface area contributed by atoms with E-state index < -0.39 is 0 Å². The summed E-state index contributed by atoms with van der Waals surface area (Å²) in [6, 6.07) is 0. The molecule has 16 heavy (non-hydrogen) atoms. The molecule has 0 radical (unpaired) electrons. The fourth-order valence-corrected chi connectivity index (χ4v) is 2.00. The molecule has 0 aliphatic carbocycles. The van der Waals surface area contributed by atoms with Crippen molar-refractivity contribution in [2.75, 3.05) is 11.9 Å². The fraction of sp³-hybridized carbons (Fsp3) is 0.667. The minimum absolute atomic E-state index is 0.565. The molecule has 1 unspecified atom stereocenters. The SMILES string of the molecule is CCCNc1cncc(SC(C)C(C)C)n1. The molecule has 1 heterocycles. The van der Waals surface area contributed by atoms with Crippen LogP contribution in [0.5, 0.6) is 0 Å². The van der Waals surface area contributed by atoms with Gasteiger partial charge < -0.3 is 5.32 Å². The summed E-state index contributed by atoms with van der Waals surface area (Å²) in [5, 5.41) is 4.82. The van der Waals surface area contributed by atoms with E-state index in [-0.39, 0.29) is 0 Å². The molecule has 0 saturated heterocycles. The summed E-state index contributed by atoms with van der Waals surface area (Å²) < 4.78 is 0. The van der Waals surface area contributed by atoms with Crippen LogP contribution < -0.4 is 5.32 Å². The van der Waals surface area contributed by atoms with E-state index in [9.17, 15) is 0 Å². The van der Waals surface area contributed by atoms with Gasteiger partial charge in [-0.05, 0) is 12.3 Å². The summed E-state index contributed by atoms with van der Waals surface area (Å²) in [7, 11) is 0. The van der Waals surface area contributed by atoms with Crippen LogP contribution in [-0.2, 0) is 0 Å². The Balaban J connectivity index is 2.59. The zero-order valence-electron chi connectivity index (χ0n) is 10.5. The van der Waals surface area contributed by atoms with E-state index in [0.717, 1.165) is 23.8 Å². The van der Waals surface area contributed by atoms with E-state index in [0.29, 0.717) is 11.2 Å². The summed E-state index contributed by atoms with van der Waals surface area (Å²) in [5.41, 5.74) is 0. The summed E-state index contributed by atoms with van der Waals surface area (Å²) in [6.07, 6.45) is 4.71. The van der Waals surface area contributed by atoms with Crippen molar-refractivity contribution in [3.63, 3.8) is 0 Å². The Labute approximate surface area is 102 Å². The molecule has 1 rings (SSSR count). The highest BCUT2D eigenvalue weighted by Crippen LogP contribution is 2.26. The first-order chi connectivity index (χ1) is 7.63. The highest BCUT2D eigenvalue weighted by molar-refractivity contribution is 7.99. The number of nitrogens with zero attached hydrogens (tertiary/aromatic N) is 2. The molecule has 3 nitrogen and oxygen atoms in total. The lowest BCUT2D eigenvalue weighted by Gasteiger charge is -2.14. The van der Waals surface area contributed by atoms with Gasteiger partial charge in [-0.15, -0.1) is 11.8 Å². The normalized spacial score (nSPS) is 12.8. The molecule has 0 aromatic carbocycles. The van der Waals surface area contributed by atoms with Crippen LogP contribution in [0.25, 0.3) is 0 Å². The van der Waals surface area contributed by atoms with Crippen molar-refractivity contribution < 1.29 is 0 Å². The topological polar surface area (TPSA) is 37.8 Å². The van der Waals surface area contributed by atoms with Crippen LogP contribution in [0, 0.1) is 5.92 Å². The van der Waals surface area contributed by atoms with Gasteiger partial charge in [0.15, 0.2) is 0 Å². The van der Waals surface area contributed by atoms with Gasteiger partial charge in [0.2, 0.25) is 0 Å². The van der Waals surface area contributed by atoms with Crippen LogP contribution in [-0.4, -0.2) is 21.8 Å². The molecule has 4 heteroatoms.